The fourth-order valence-electron chi connectivity index (χ4n) is 2.06. The summed E-state index contributed by atoms with van der Waals surface area (Å²) in [5.41, 5.74) is 0.721. The molecular weight excluding hydrogens is 308 g/mol. The van der Waals surface area contributed by atoms with Gasteiger partial charge in [-0.05, 0) is 39.3 Å². The lowest BCUT2D eigenvalue weighted by atomic mass is 10.1. The Hall–Kier alpha value is -2.17. The van der Waals surface area contributed by atoms with Crippen molar-refractivity contribution in [1.29, 1.82) is 0 Å². The highest BCUT2D eigenvalue weighted by Crippen LogP contribution is 2.37. The quantitative estimate of drug-likeness (QED) is 0.344. The Balaban J connectivity index is 3.05. The molecule has 0 heterocycles. The second kappa shape index (κ2) is 11.4. The fraction of sp³-hybridized carbons (Fsp3) is 0.526. The third kappa shape index (κ3) is 6.52. The number of ether oxygens (including phenoxy) is 4. The first-order chi connectivity index (χ1) is 11.7. The topological polar surface area (TPSA) is 54.0 Å². The van der Waals surface area contributed by atoms with Crippen molar-refractivity contribution in [1.82, 2.24) is 0 Å². The fourth-order valence-corrected chi connectivity index (χ4v) is 2.06. The maximum atomic E-state index is 11.8. The smallest absolute Gasteiger partial charge is 0.330 e. The highest BCUT2D eigenvalue weighted by molar-refractivity contribution is 5.88. The van der Waals surface area contributed by atoms with E-state index in [1.807, 2.05) is 33.8 Å². The van der Waals surface area contributed by atoms with Crippen LogP contribution in [0.3, 0.4) is 0 Å². The SMILES string of the molecule is CCCCOC(=O)C=Cc1cc(OCC)cc(OCC)c1OCC. The minimum Gasteiger partial charge on any atom is -0.494 e. The van der Waals surface area contributed by atoms with Crippen molar-refractivity contribution in [3.05, 3.63) is 23.8 Å². The van der Waals surface area contributed by atoms with Crippen molar-refractivity contribution in [3.8, 4) is 17.2 Å². The first-order valence-electron chi connectivity index (χ1n) is 8.57. The van der Waals surface area contributed by atoms with Crippen molar-refractivity contribution in [2.24, 2.45) is 0 Å². The number of carbonyl (C=O) groups is 1. The molecule has 1 rings (SSSR count). The monoisotopic (exact) mass is 336 g/mol. The summed E-state index contributed by atoms with van der Waals surface area (Å²) in [6.45, 7) is 9.75. The van der Waals surface area contributed by atoms with Crippen LogP contribution in [0.25, 0.3) is 6.08 Å². The van der Waals surface area contributed by atoms with Crippen LogP contribution in [0, 0.1) is 0 Å². The summed E-state index contributed by atoms with van der Waals surface area (Å²) in [4.78, 5) is 11.8. The lowest BCUT2D eigenvalue weighted by molar-refractivity contribution is -0.137. The molecule has 0 saturated carbocycles. The Labute approximate surface area is 144 Å². The second-order valence-electron chi connectivity index (χ2n) is 4.99. The summed E-state index contributed by atoms with van der Waals surface area (Å²) in [6, 6.07) is 3.63. The van der Waals surface area contributed by atoms with Crippen LogP contribution >= 0.6 is 0 Å². The summed E-state index contributed by atoms with van der Waals surface area (Å²) in [7, 11) is 0. The van der Waals surface area contributed by atoms with Crippen molar-refractivity contribution >= 4 is 12.0 Å². The summed E-state index contributed by atoms with van der Waals surface area (Å²) < 4.78 is 22.0. The maximum absolute atomic E-state index is 11.8. The molecule has 1 aromatic carbocycles. The normalized spacial score (nSPS) is 10.7. The third-order valence-electron chi connectivity index (χ3n) is 3.10. The summed E-state index contributed by atoms with van der Waals surface area (Å²) in [5, 5.41) is 0. The molecule has 0 radical (unpaired) electrons. The van der Waals surface area contributed by atoms with Crippen LogP contribution in [0.1, 0.15) is 46.1 Å². The van der Waals surface area contributed by atoms with Gasteiger partial charge >= 0.3 is 5.97 Å². The molecule has 0 fully saturated rings. The van der Waals surface area contributed by atoms with Gasteiger partial charge in [-0.3, -0.25) is 0 Å². The van der Waals surface area contributed by atoms with Crippen LogP contribution < -0.4 is 14.2 Å². The van der Waals surface area contributed by atoms with E-state index < -0.39 is 0 Å². The van der Waals surface area contributed by atoms with Gasteiger partial charge in [-0.2, -0.15) is 0 Å². The van der Waals surface area contributed by atoms with E-state index in [2.05, 4.69) is 0 Å². The molecule has 0 aliphatic heterocycles. The molecule has 5 heteroatoms. The molecular formula is C19H28O5. The average molecular weight is 336 g/mol. The van der Waals surface area contributed by atoms with Crippen molar-refractivity contribution in [3.63, 3.8) is 0 Å². The number of esters is 1. The van der Waals surface area contributed by atoms with Crippen LogP contribution in [0.5, 0.6) is 17.2 Å². The van der Waals surface area contributed by atoms with Crippen LogP contribution in [0.2, 0.25) is 0 Å². The van der Waals surface area contributed by atoms with Gasteiger partial charge in [-0.25, -0.2) is 4.79 Å². The molecule has 0 saturated heterocycles. The predicted octanol–water partition coefficient (Wildman–Crippen LogP) is 4.24. The van der Waals surface area contributed by atoms with Gasteiger partial charge in [0, 0.05) is 17.7 Å². The molecule has 0 aliphatic carbocycles. The van der Waals surface area contributed by atoms with Crippen molar-refractivity contribution in [2.75, 3.05) is 26.4 Å². The van der Waals surface area contributed by atoms with Crippen molar-refractivity contribution in [2.45, 2.75) is 40.5 Å². The summed E-state index contributed by atoms with van der Waals surface area (Å²) in [6.07, 6.45) is 4.92. The molecule has 1 aromatic rings. The molecule has 5 nitrogen and oxygen atoms in total. The number of hydrogen-bond acceptors (Lipinski definition) is 5. The van der Waals surface area contributed by atoms with Crippen LogP contribution in [-0.4, -0.2) is 32.4 Å². The summed E-state index contributed by atoms with van der Waals surface area (Å²) >= 11 is 0. The molecule has 0 aromatic heterocycles. The molecule has 0 unspecified atom stereocenters. The number of rotatable bonds is 11. The number of carbonyl (C=O) groups excluding carboxylic acids is 1. The minimum absolute atomic E-state index is 0.370. The van der Waals surface area contributed by atoms with E-state index in [9.17, 15) is 4.79 Å². The zero-order valence-electron chi connectivity index (χ0n) is 15.1. The van der Waals surface area contributed by atoms with Crippen LogP contribution in [0.15, 0.2) is 18.2 Å². The number of unbranched alkanes of at least 4 members (excludes halogenated alkanes) is 1. The van der Waals surface area contributed by atoms with Crippen LogP contribution in [0.4, 0.5) is 0 Å². The van der Waals surface area contributed by atoms with E-state index in [0.717, 1.165) is 18.4 Å². The lowest BCUT2D eigenvalue weighted by Gasteiger charge is -2.15. The van der Waals surface area contributed by atoms with Gasteiger partial charge in [0.05, 0.1) is 26.4 Å². The minimum atomic E-state index is -0.370. The lowest BCUT2D eigenvalue weighted by Crippen LogP contribution is -2.03. The predicted molar refractivity (Wildman–Crippen MR) is 94.9 cm³/mol. The molecule has 24 heavy (non-hydrogen) atoms. The number of benzene rings is 1. The molecule has 0 N–H and O–H groups in total. The van der Waals surface area contributed by atoms with E-state index >= 15 is 0 Å². The third-order valence-corrected chi connectivity index (χ3v) is 3.10. The second-order valence-corrected chi connectivity index (χ2v) is 4.99. The maximum Gasteiger partial charge on any atom is 0.330 e. The Morgan fingerprint density at radius 1 is 1.00 bits per heavy atom. The average Bonchev–Trinajstić information content (AvgIpc) is 2.56. The van der Waals surface area contributed by atoms with Gasteiger partial charge in [0.15, 0.2) is 11.5 Å². The molecule has 0 amide bonds. The molecule has 0 aliphatic rings. The molecule has 134 valence electrons. The van der Waals surface area contributed by atoms with E-state index in [4.69, 9.17) is 18.9 Å². The highest BCUT2D eigenvalue weighted by Gasteiger charge is 2.13. The van der Waals surface area contributed by atoms with E-state index in [1.165, 1.54) is 6.08 Å². The van der Waals surface area contributed by atoms with Gasteiger partial charge in [0.25, 0.3) is 0 Å². The van der Waals surface area contributed by atoms with Gasteiger partial charge in [0.2, 0.25) is 0 Å². The largest absolute Gasteiger partial charge is 0.494 e. The Bertz CT molecular complexity index is 537. The van der Waals surface area contributed by atoms with E-state index in [1.54, 1.807) is 12.1 Å². The number of hydrogen-bond donors (Lipinski definition) is 0. The molecule has 0 atom stereocenters. The molecule has 0 spiro atoms. The summed E-state index contributed by atoms with van der Waals surface area (Å²) in [5.74, 6) is 1.50. The zero-order chi connectivity index (χ0) is 17.8. The van der Waals surface area contributed by atoms with Gasteiger partial charge in [-0.15, -0.1) is 0 Å². The van der Waals surface area contributed by atoms with Gasteiger partial charge in [0.1, 0.15) is 5.75 Å². The standard InChI is InChI=1S/C19H28O5/c1-5-9-12-24-18(20)11-10-15-13-16(21-6-2)14-17(22-7-3)19(15)23-8-4/h10-11,13-14H,5-9,12H2,1-4H3. The first kappa shape index (κ1) is 19.9. The molecule has 0 bridgehead atoms. The Morgan fingerprint density at radius 3 is 2.33 bits per heavy atom. The Kier molecular flexibility index (Phi) is 9.42. The van der Waals surface area contributed by atoms with Gasteiger partial charge < -0.3 is 18.9 Å². The Morgan fingerprint density at radius 2 is 1.71 bits per heavy atom. The van der Waals surface area contributed by atoms with Crippen molar-refractivity contribution < 1.29 is 23.7 Å². The van der Waals surface area contributed by atoms with Crippen LogP contribution in [-0.2, 0) is 9.53 Å². The first-order valence-corrected chi connectivity index (χ1v) is 8.57. The van der Waals surface area contributed by atoms with E-state index in [-0.39, 0.29) is 5.97 Å². The van der Waals surface area contributed by atoms with E-state index in [0.29, 0.717) is 43.7 Å². The zero-order valence-corrected chi connectivity index (χ0v) is 15.1. The highest BCUT2D eigenvalue weighted by atomic mass is 16.5. The van der Waals surface area contributed by atoms with Gasteiger partial charge in [-0.1, -0.05) is 13.3 Å².